The van der Waals surface area contributed by atoms with Gasteiger partial charge in [-0.1, -0.05) is 0 Å². The quantitative estimate of drug-likeness (QED) is 0.748. The number of halogens is 1. The lowest BCUT2D eigenvalue weighted by atomic mass is 10.1. The topological polar surface area (TPSA) is 66.1 Å². The Morgan fingerprint density at radius 3 is 2.88 bits per heavy atom. The molecule has 0 saturated carbocycles. The molecule has 3 heterocycles. The first-order chi connectivity index (χ1) is 12.6. The molecule has 1 fully saturated rings. The molecule has 0 radical (unpaired) electrons. The van der Waals surface area contributed by atoms with E-state index < -0.39 is 0 Å². The summed E-state index contributed by atoms with van der Waals surface area (Å²) >= 11 is 0. The third-order valence-corrected chi connectivity index (χ3v) is 4.77. The van der Waals surface area contributed by atoms with Crippen LogP contribution >= 0.6 is 0 Å². The number of aryl methyl sites for hydroxylation is 1. The summed E-state index contributed by atoms with van der Waals surface area (Å²) in [5.74, 6) is 0.980. The van der Waals surface area contributed by atoms with Gasteiger partial charge in [-0.15, -0.1) is 0 Å². The number of fused-ring (bicyclic) bond motifs is 1. The molecule has 2 N–H and O–H groups in total. The third kappa shape index (κ3) is 3.48. The van der Waals surface area contributed by atoms with Crippen LogP contribution in [0.3, 0.4) is 0 Å². The maximum atomic E-state index is 13.5. The molecule has 7 heteroatoms. The standard InChI is InChI=1S/C19H22FN5O/c1-12-9-13(3-4-17(12)26-14-5-7-25(2)8-6-14)23-19-22-10-15-16(20)11-21-18(15)24-19/h3-4,9-11,14H,5-8H2,1-2H3,(H2,21,22,23,24). The zero-order valence-electron chi connectivity index (χ0n) is 14.9. The van der Waals surface area contributed by atoms with Crippen LogP contribution in [0.5, 0.6) is 5.75 Å². The predicted molar refractivity (Wildman–Crippen MR) is 99.5 cm³/mol. The van der Waals surface area contributed by atoms with Crippen LogP contribution in [-0.2, 0) is 0 Å². The number of hydrogen-bond donors (Lipinski definition) is 2. The zero-order chi connectivity index (χ0) is 18.1. The van der Waals surface area contributed by atoms with E-state index in [4.69, 9.17) is 4.74 Å². The summed E-state index contributed by atoms with van der Waals surface area (Å²) in [6.07, 6.45) is 5.13. The minimum atomic E-state index is -0.349. The number of aromatic nitrogens is 3. The largest absolute Gasteiger partial charge is 0.490 e. The lowest BCUT2D eigenvalue weighted by molar-refractivity contribution is 0.113. The number of nitrogens with zero attached hydrogens (tertiary/aromatic N) is 3. The molecule has 1 saturated heterocycles. The molecule has 1 aliphatic rings. The summed E-state index contributed by atoms with van der Waals surface area (Å²) in [6.45, 7) is 4.17. The molecule has 0 aliphatic carbocycles. The van der Waals surface area contributed by atoms with E-state index >= 15 is 0 Å². The van der Waals surface area contributed by atoms with Crippen molar-refractivity contribution in [2.75, 3.05) is 25.5 Å². The molecule has 0 spiro atoms. The van der Waals surface area contributed by atoms with Crippen molar-refractivity contribution in [2.24, 2.45) is 0 Å². The van der Waals surface area contributed by atoms with E-state index in [2.05, 4.69) is 32.2 Å². The highest BCUT2D eigenvalue weighted by Crippen LogP contribution is 2.26. The van der Waals surface area contributed by atoms with Crippen molar-refractivity contribution in [3.05, 3.63) is 42.0 Å². The van der Waals surface area contributed by atoms with Gasteiger partial charge in [0.25, 0.3) is 0 Å². The molecule has 1 aliphatic heterocycles. The number of hydrogen-bond acceptors (Lipinski definition) is 5. The predicted octanol–water partition coefficient (Wildman–Crippen LogP) is 3.62. The van der Waals surface area contributed by atoms with Crippen molar-refractivity contribution < 1.29 is 9.13 Å². The Labute approximate surface area is 151 Å². The molecule has 0 atom stereocenters. The second-order valence-electron chi connectivity index (χ2n) is 6.82. The molecule has 0 amide bonds. The van der Waals surface area contributed by atoms with Gasteiger partial charge in [-0.2, -0.15) is 4.98 Å². The second kappa shape index (κ2) is 6.92. The first kappa shape index (κ1) is 16.8. The monoisotopic (exact) mass is 355 g/mol. The molecule has 0 unspecified atom stereocenters. The Morgan fingerprint density at radius 2 is 2.12 bits per heavy atom. The fourth-order valence-electron chi connectivity index (χ4n) is 3.21. The maximum Gasteiger partial charge on any atom is 0.229 e. The third-order valence-electron chi connectivity index (χ3n) is 4.77. The smallest absolute Gasteiger partial charge is 0.229 e. The van der Waals surface area contributed by atoms with Gasteiger partial charge in [-0.25, -0.2) is 9.37 Å². The zero-order valence-corrected chi connectivity index (χ0v) is 14.9. The van der Waals surface area contributed by atoms with Gasteiger partial charge in [-0.05, 0) is 50.6 Å². The molecule has 4 rings (SSSR count). The van der Waals surface area contributed by atoms with Gasteiger partial charge < -0.3 is 19.9 Å². The number of rotatable bonds is 4. The summed E-state index contributed by atoms with van der Waals surface area (Å²) < 4.78 is 19.6. The van der Waals surface area contributed by atoms with Crippen LogP contribution in [0.25, 0.3) is 11.0 Å². The van der Waals surface area contributed by atoms with Crippen molar-refractivity contribution >= 4 is 22.7 Å². The molecular formula is C19H22FN5O. The number of likely N-dealkylation sites (tertiary alicyclic amines) is 1. The molecule has 136 valence electrons. The van der Waals surface area contributed by atoms with Crippen LogP contribution in [-0.4, -0.2) is 46.1 Å². The molecule has 1 aromatic carbocycles. The molecular weight excluding hydrogens is 333 g/mol. The highest BCUT2D eigenvalue weighted by Gasteiger charge is 2.18. The van der Waals surface area contributed by atoms with Crippen molar-refractivity contribution in [2.45, 2.75) is 25.9 Å². The van der Waals surface area contributed by atoms with Crippen molar-refractivity contribution in [3.8, 4) is 5.75 Å². The average molecular weight is 355 g/mol. The van der Waals surface area contributed by atoms with Crippen LogP contribution in [0.4, 0.5) is 16.0 Å². The van der Waals surface area contributed by atoms with Crippen LogP contribution < -0.4 is 10.1 Å². The first-order valence-corrected chi connectivity index (χ1v) is 8.81. The lowest BCUT2D eigenvalue weighted by Crippen LogP contribution is -2.35. The average Bonchev–Trinajstić information content (AvgIpc) is 3.00. The number of anilines is 2. The summed E-state index contributed by atoms with van der Waals surface area (Å²) in [7, 11) is 2.14. The van der Waals surface area contributed by atoms with E-state index in [9.17, 15) is 4.39 Å². The summed E-state index contributed by atoms with van der Waals surface area (Å²) in [5, 5.41) is 3.54. The van der Waals surface area contributed by atoms with Gasteiger partial charge in [-0.3, -0.25) is 0 Å². The molecule has 0 bridgehead atoms. The van der Waals surface area contributed by atoms with Crippen molar-refractivity contribution in [1.82, 2.24) is 19.9 Å². The number of H-pyrrole nitrogens is 1. The van der Waals surface area contributed by atoms with E-state index in [-0.39, 0.29) is 11.9 Å². The second-order valence-corrected chi connectivity index (χ2v) is 6.82. The van der Waals surface area contributed by atoms with Crippen LogP contribution in [0.2, 0.25) is 0 Å². The summed E-state index contributed by atoms with van der Waals surface area (Å²) in [6, 6.07) is 5.93. The van der Waals surface area contributed by atoms with E-state index in [1.807, 2.05) is 25.1 Å². The Kier molecular flexibility index (Phi) is 4.46. The number of benzene rings is 1. The van der Waals surface area contributed by atoms with E-state index in [1.54, 1.807) is 0 Å². The van der Waals surface area contributed by atoms with Gasteiger partial charge in [0.15, 0.2) is 5.82 Å². The van der Waals surface area contributed by atoms with E-state index in [1.165, 1.54) is 12.4 Å². The van der Waals surface area contributed by atoms with Gasteiger partial charge in [0.1, 0.15) is 17.5 Å². The van der Waals surface area contributed by atoms with Gasteiger partial charge >= 0.3 is 0 Å². The number of piperidine rings is 1. The van der Waals surface area contributed by atoms with Gasteiger partial charge in [0.2, 0.25) is 5.95 Å². The molecule has 2 aromatic heterocycles. The summed E-state index contributed by atoms with van der Waals surface area (Å²) in [5.41, 5.74) is 2.39. The highest BCUT2D eigenvalue weighted by molar-refractivity contribution is 5.76. The van der Waals surface area contributed by atoms with Crippen molar-refractivity contribution in [1.29, 1.82) is 0 Å². The molecule has 26 heavy (non-hydrogen) atoms. The van der Waals surface area contributed by atoms with Crippen molar-refractivity contribution in [3.63, 3.8) is 0 Å². The summed E-state index contributed by atoms with van der Waals surface area (Å²) in [4.78, 5) is 13.6. The van der Waals surface area contributed by atoms with E-state index in [0.717, 1.165) is 42.9 Å². The molecule has 6 nitrogen and oxygen atoms in total. The number of nitrogens with one attached hydrogen (secondary N) is 2. The van der Waals surface area contributed by atoms with Crippen LogP contribution in [0.1, 0.15) is 18.4 Å². The minimum absolute atomic E-state index is 0.275. The van der Waals surface area contributed by atoms with Crippen LogP contribution in [0, 0.1) is 12.7 Å². The van der Waals surface area contributed by atoms with Gasteiger partial charge in [0, 0.05) is 31.2 Å². The lowest BCUT2D eigenvalue weighted by Gasteiger charge is -2.29. The maximum absolute atomic E-state index is 13.5. The van der Waals surface area contributed by atoms with Crippen LogP contribution in [0.15, 0.2) is 30.6 Å². The number of aromatic amines is 1. The minimum Gasteiger partial charge on any atom is -0.490 e. The fraction of sp³-hybridized carbons (Fsp3) is 0.368. The Balaban J connectivity index is 1.46. The SMILES string of the molecule is Cc1cc(Nc2ncc3c(F)c[nH]c3n2)ccc1OC1CCN(C)CC1. The Morgan fingerprint density at radius 1 is 1.31 bits per heavy atom. The fourth-order valence-corrected chi connectivity index (χ4v) is 3.21. The van der Waals surface area contributed by atoms with Gasteiger partial charge in [0.05, 0.1) is 5.39 Å². The Hall–Kier alpha value is -2.67. The highest BCUT2D eigenvalue weighted by atomic mass is 19.1. The first-order valence-electron chi connectivity index (χ1n) is 8.81. The normalized spacial score (nSPS) is 16.1. The Bertz CT molecular complexity index is 917. The number of ether oxygens (including phenoxy) is 1. The van der Waals surface area contributed by atoms with E-state index in [0.29, 0.717) is 17.0 Å². The molecule has 3 aromatic rings.